The highest BCUT2D eigenvalue weighted by Gasteiger charge is 2.29. The van der Waals surface area contributed by atoms with Crippen LogP contribution in [0.5, 0.6) is 0 Å². The summed E-state index contributed by atoms with van der Waals surface area (Å²) < 4.78 is 0. The van der Waals surface area contributed by atoms with Gasteiger partial charge in [0.2, 0.25) is 0 Å². The first-order valence-corrected chi connectivity index (χ1v) is 11.1. The average Bonchev–Trinajstić information content (AvgIpc) is 2.86. The van der Waals surface area contributed by atoms with E-state index in [1.807, 2.05) is 4.90 Å². The summed E-state index contributed by atoms with van der Waals surface area (Å²) in [5.74, 6) is -3.51. The molecular weight excluding hydrogens is 424 g/mol. The molecule has 3 heterocycles. The van der Waals surface area contributed by atoms with Crippen molar-refractivity contribution >= 4 is 17.8 Å². The molecule has 0 saturated carbocycles. The monoisotopic (exact) mass is 454 g/mol. The molecule has 9 nitrogen and oxygen atoms in total. The van der Waals surface area contributed by atoms with Gasteiger partial charge in [0.25, 0.3) is 5.91 Å². The zero-order valence-corrected chi connectivity index (χ0v) is 18.5. The Morgan fingerprint density at radius 2 is 1.39 bits per heavy atom. The van der Waals surface area contributed by atoms with E-state index in [9.17, 15) is 4.79 Å². The molecule has 2 aliphatic rings. The van der Waals surface area contributed by atoms with Crippen LogP contribution < -0.4 is 0 Å². The molecule has 2 aliphatic heterocycles. The molecule has 1 aromatic carbocycles. The molecule has 0 radical (unpaired) electrons. The SMILES string of the molecule is O=C(O)C(=O)O.O=C(c1ccncc1)N1CCN(C2CCN(Cc3ccccc3)CC2)CC1. The van der Waals surface area contributed by atoms with Gasteiger partial charge in [-0.15, -0.1) is 0 Å². The van der Waals surface area contributed by atoms with Crippen molar-refractivity contribution in [3.05, 3.63) is 66.0 Å². The maximum atomic E-state index is 12.6. The summed E-state index contributed by atoms with van der Waals surface area (Å²) in [5.41, 5.74) is 2.15. The molecule has 2 saturated heterocycles. The van der Waals surface area contributed by atoms with E-state index in [0.29, 0.717) is 6.04 Å². The number of hydrogen-bond acceptors (Lipinski definition) is 6. The van der Waals surface area contributed by atoms with Crippen LogP contribution in [0.25, 0.3) is 0 Å². The molecule has 2 aromatic rings. The van der Waals surface area contributed by atoms with Gasteiger partial charge in [-0.25, -0.2) is 9.59 Å². The predicted octanol–water partition coefficient (Wildman–Crippen LogP) is 1.66. The highest BCUT2D eigenvalue weighted by atomic mass is 16.4. The number of likely N-dealkylation sites (tertiary alicyclic amines) is 1. The molecule has 0 atom stereocenters. The first-order chi connectivity index (χ1) is 15.9. The Hall–Kier alpha value is -3.30. The zero-order valence-electron chi connectivity index (χ0n) is 18.5. The lowest BCUT2D eigenvalue weighted by molar-refractivity contribution is -0.159. The molecule has 4 rings (SSSR count). The van der Waals surface area contributed by atoms with Gasteiger partial charge in [0.1, 0.15) is 0 Å². The number of piperidine rings is 1. The molecule has 0 spiro atoms. The number of nitrogens with zero attached hydrogens (tertiary/aromatic N) is 4. The van der Waals surface area contributed by atoms with Gasteiger partial charge < -0.3 is 15.1 Å². The number of carboxylic acids is 2. The summed E-state index contributed by atoms with van der Waals surface area (Å²) >= 11 is 0. The van der Waals surface area contributed by atoms with Gasteiger partial charge in [-0.05, 0) is 43.6 Å². The number of benzene rings is 1. The van der Waals surface area contributed by atoms with Gasteiger partial charge in [-0.3, -0.25) is 19.6 Å². The Bertz CT molecular complexity index is 897. The smallest absolute Gasteiger partial charge is 0.414 e. The van der Waals surface area contributed by atoms with Crippen LogP contribution in [0.15, 0.2) is 54.9 Å². The third kappa shape index (κ3) is 7.37. The number of carbonyl (C=O) groups is 3. The quantitative estimate of drug-likeness (QED) is 0.671. The molecule has 0 bridgehead atoms. The fourth-order valence-corrected chi connectivity index (χ4v) is 4.25. The lowest BCUT2D eigenvalue weighted by Gasteiger charge is -2.42. The van der Waals surface area contributed by atoms with E-state index >= 15 is 0 Å². The van der Waals surface area contributed by atoms with Crippen LogP contribution >= 0.6 is 0 Å². The third-order valence-electron chi connectivity index (χ3n) is 6.03. The van der Waals surface area contributed by atoms with Crippen LogP contribution in [0.1, 0.15) is 28.8 Å². The second-order valence-electron chi connectivity index (χ2n) is 8.17. The lowest BCUT2D eigenvalue weighted by Crippen LogP contribution is -2.54. The summed E-state index contributed by atoms with van der Waals surface area (Å²) in [6.07, 6.45) is 5.83. The maximum Gasteiger partial charge on any atom is 0.414 e. The molecule has 2 fully saturated rings. The molecule has 1 aromatic heterocycles. The third-order valence-corrected chi connectivity index (χ3v) is 6.03. The van der Waals surface area contributed by atoms with E-state index in [1.165, 1.54) is 18.4 Å². The second-order valence-corrected chi connectivity index (χ2v) is 8.17. The Morgan fingerprint density at radius 1 is 0.818 bits per heavy atom. The molecular formula is C24H30N4O5. The van der Waals surface area contributed by atoms with Gasteiger partial charge in [0, 0.05) is 56.7 Å². The topological polar surface area (TPSA) is 114 Å². The van der Waals surface area contributed by atoms with Crippen molar-refractivity contribution in [2.45, 2.75) is 25.4 Å². The van der Waals surface area contributed by atoms with Gasteiger partial charge >= 0.3 is 11.9 Å². The van der Waals surface area contributed by atoms with Gasteiger partial charge in [-0.2, -0.15) is 0 Å². The number of amides is 1. The first kappa shape index (κ1) is 24.3. The van der Waals surface area contributed by atoms with Gasteiger partial charge in [-0.1, -0.05) is 30.3 Å². The lowest BCUT2D eigenvalue weighted by atomic mass is 10.0. The number of aliphatic carboxylic acids is 2. The van der Waals surface area contributed by atoms with Crippen LogP contribution in [0.2, 0.25) is 0 Å². The van der Waals surface area contributed by atoms with E-state index in [0.717, 1.165) is 51.4 Å². The minimum Gasteiger partial charge on any atom is -0.473 e. The number of carbonyl (C=O) groups excluding carboxylic acids is 1. The van der Waals surface area contributed by atoms with E-state index in [2.05, 4.69) is 45.1 Å². The standard InChI is InChI=1S/C22H28N4O.C2H2O4/c27-22(20-6-10-23-11-7-20)26-16-14-25(15-17-26)21-8-12-24(13-9-21)18-19-4-2-1-3-5-19;3-1(4)2(5)6/h1-7,10-11,21H,8-9,12-18H2;(H,3,4)(H,5,6). The van der Waals surface area contributed by atoms with E-state index < -0.39 is 11.9 Å². The zero-order chi connectivity index (χ0) is 23.6. The van der Waals surface area contributed by atoms with Crippen molar-refractivity contribution in [2.24, 2.45) is 0 Å². The van der Waals surface area contributed by atoms with Crippen LogP contribution in [0, 0.1) is 0 Å². The largest absolute Gasteiger partial charge is 0.473 e. The molecule has 33 heavy (non-hydrogen) atoms. The van der Waals surface area contributed by atoms with Gasteiger partial charge in [0.05, 0.1) is 0 Å². The molecule has 0 aliphatic carbocycles. The maximum absolute atomic E-state index is 12.6. The van der Waals surface area contributed by atoms with E-state index in [-0.39, 0.29) is 5.91 Å². The summed E-state index contributed by atoms with van der Waals surface area (Å²) in [7, 11) is 0. The van der Waals surface area contributed by atoms with Crippen molar-refractivity contribution in [3.63, 3.8) is 0 Å². The molecule has 176 valence electrons. The highest BCUT2D eigenvalue weighted by molar-refractivity contribution is 6.27. The Kier molecular flexibility index (Phi) is 8.91. The fraction of sp³-hybridized carbons (Fsp3) is 0.417. The summed E-state index contributed by atoms with van der Waals surface area (Å²) in [4.78, 5) is 41.9. The number of hydrogen-bond donors (Lipinski definition) is 2. The van der Waals surface area contributed by atoms with Crippen molar-refractivity contribution in [1.82, 2.24) is 19.7 Å². The van der Waals surface area contributed by atoms with Crippen LogP contribution in [-0.2, 0) is 16.1 Å². The predicted molar refractivity (Wildman–Crippen MR) is 122 cm³/mol. The second kappa shape index (κ2) is 12.1. The van der Waals surface area contributed by atoms with Crippen LogP contribution in [0.4, 0.5) is 0 Å². The van der Waals surface area contributed by atoms with E-state index in [4.69, 9.17) is 19.8 Å². The first-order valence-electron chi connectivity index (χ1n) is 11.1. The molecule has 2 N–H and O–H groups in total. The minimum absolute atomic E-state index is 0.134. The number of piperazine rings is 1. The number of carboxylic acid groups (broad SMARTS) is 2. The molecule has 9 heteroatoms. The van der Waals surface area contributed by atoms with Gasteiger partial charge in [0.15, 0.2) is 0 Å². The number of aromatic nitrogens is 1. The van der Waals surface area contributed by atoms with Crippen molar-refractivity contribution < 1.29 is 24.6 Å². The summed E-state index contributed by atoms with van der Waals surface area (Å²) in [6.45, 7) is 7.00. The summed E-state index contributed by atoms with van der Waals surface area (Å²) in [6, 6.07) is 15.0. The fourth-order valence-electron chi connectivity index (χ4n) is 4.25. The van der Waals surface area contributed by atoms with Crippen molar-refractivity contribution in [3.8, 4) is 0 Å². The Morgan fingerprint density at radius 3 is 1.94 bits per heavy atom. The normalized spacial score (nSPS) is 17.6. The average molecular weight is 455 g/mol. The Labute approximate surface area is 193 Å². The molecule has 1 amide bonds. The van der Waals surface area contributed by atoms with Crippen molar-refractivity contribution in [1.29, 1.82) is 0 Å². The Balaban J connectivity index is 0.000000454. The van der Waals surface area contributed by atoms with E-state index in [1.54, 1.807) is 24.5 Å². The van der Waals surface area contributed by atoms with Crippen molar-refractivity contribution in [2.75, 3.05) is 39.3 Å². The number of pyridine rings is 1. The summed E-state index contributed by atoms with van der Waals surface area (Å²) in [5, 5.41) is 14.8. The number of rotatable bonds is 4. The molecule has 0 unspecified atom stereocenters. The van der Waals surface area contributed by atoms with Crippen LogP contribution in [-0.4, -0.2) is 93.1 Å². The highest BCUT2D eigenvalue weighted by Crippen LogP contribution is 2.20. The van der Waals surface area contributed by atoms with Crippen LogP contribution in [0.3, 0.4) is 0 Å². The minimum atomic E-state index is -1.82.